The molecule has 164 valence electrons. The first-order valence-corrected chi connectivity index (χ1v) is 10.9. The van der Waals surface area contributed by atoms with Gasteiger partial charge in [-0.05, 0) is 75.6 Å². The maximum atomic E-state index is 11.9. The average Bonchev–Trinajstić information content (AvgIpc) is 2.96. The number of hydrogen-bond donors (Lipinski definition) is 1. The van der Waals surface area contributed by atoms with Crippen LogP contribution in [0.15, 0.2) is 24.3 Å². The Morgan fingerprint density at radius 2 is 1.90 bits per heavy atom. The molecule has 0 saturated carbocycles. The summed E-state index contributed by atoms with van der Waals surface area (Å²) in [6.45, 7) is 11.9. The molecule has 2 heterocycles. The van der Waals surface area contributed by atoms with Crippen molar-refractivity contribution in [2.75, 3.05) is 18.5 Å². The number of aliphatic carboxylic acids is 1. The summed E-state index contributed by atoms with van der Waals surface area (Å²) in [5, 5.41) is 11.4. The number of likely N-dealkylation sites (N-methyl/N-ethyl adjacent to an activating group) is 1. The lowest BCUT2D eigenvalue weighted by Gasteiger charge is -2.32. The molecule has 0 bridgehead atoms. The fourth-order valence-electron chi connectivity index (χ4n) is 4.71. The molecule has 0 spiro atoms. The lowest BCUT2D eigenvalue weighted by atomic mass is 9.88. The van der Waals surface area contributed by atoms with Crippen LogP contribution in [-0.4, -0.2) is 34.8 Å². The number of ether oxygens (including phenoxy) is 1. The Balaban J connectivity index is 2.14. The first-order valence-electron chi connectivity index (χ1n) is 10.5. The highest BCUT2D eigenvalue weighted by molar-refractivity contribution is 6.30. The number of aromatic nitrogens is 1. The van der Waals surface area contributed by atoms with Crippen molar-refractivity contribution in [1.82, 2.24) is 4.57 Å². The second-order valence-electron chi connectivity index (χ2n) is 9.37. The minimum absolute atomic E-state index is 0.0558. The summed E-state index contributed by atoms with van der Waals surface area (Å²) >= 11 is 6.33. The summed E-state index contributed by atoms with van der Waals surface area (Å²) in [5.41, 5.74) is 6.64. The van der Waals surface area contributed by atoms with Gasteiger partial charge in [-0.25, -0.2) is 0 Å². The van der Waals surface area contributed by atoms with Gasteiger partial charge in [0.1, 0.15) is 11.4 Å². The molecule has 0 unspecified atom stereocenters. The van der Waals surface area contributed by atoms with Crippen LogP contribution in [0.1, 0.15) is 37.6 Å². The van der Waals surface area contributed by atoms with Crippen LogP contribution in [0.25, 0.3) is 22.0 Å². The van der Waals surface area contributed by atoms with Crippen molar-refractivity contribution >= 4 is 34.2 Å². The Hall–Kier alpha value is -2.66. The standard InChI is InChI=1S/C25H29ClN2O3/c1-14-11-19-22(17-8-7-16(26)12-20(17)31-25(3,4)5)18(13-21(29)30)15(2)23-24(19)28(14)10-9-27(23)6/h7-8,11-12H,9-10,13H2,1-6H3,(H,29,30). The van der Waals surface area contributed by atoms with Crippen LogP contribution in [0, 0.1) is 13.8 Å². The number of carboxylic acid groups (broad SMARTS) is 1. The molecule has 4 rings (SSSR count). The molecule has 5 nitrogen and oxygen atoms in total. The molecular weight excluding hydrogens is 412 g/mol. The third-order valence-corrected chi connectivity index (χ3v) is 6.14. The van der Waals surface area contributed by atoms with E-state index in [4.69, 9.17) is 16.3 Å². The Kier molecular flexibility index (Phi) is 5.21. The second-order valence-corrected chi connectivity index (χ2v) is 9.81. The predicted octanol–water partition coefficient (Wildman–Crippen LogP) is 5.83. The molecule has 1 aliphatic heterocycles. The number of nitrogens with zero attached hydrogens (tertiary/aromatic N) is 2. The van der Waals surface area contributed by atoms with Crippen molar-refractivity contribution in [2.24, 2.45) is 0 Å². The fraction of sp³-hybridized carbons (Fsp3) is 0.400. The zero-order chi connectivity index (χ0) is 22.7. The van der Waals surface area contributed by atoms with Gasteiger partial charge < -0.3 is 19.3 Å². The van der Waals surface area contributed by atoms with Crippen LogP contribution in [0.4, 0.5) is 5.69 Å². The van der Waals surface area contributed by atoms with Crippen molar-refractivity contribution in [3.05, 3.63) is 46.1 Å². The van der Waals surface area contributed by atoms with Gasteiger partial charge in [0.05, 0.1) is 17.6 Å². The van der Waals surface area contributed by atoms with E-state index < -0.39 is 11.6 Å². The van der Waals surface area contributed by atoms with E-state index in [9.17, 15) is 9.90 Å². The summed E-state index contributed by atoms with van der Waals surface area (Å²) in [7, 11) is 2.08. The second kappa shape index (κ2) is 7.49. The van der Waals surface area contributed by atoms with Crippen molar-refractivity contribution in [3.8, 4) is 16.9 Å². The summed E-state index contributed by atoms with van der Waals surface area (Å²) in [4.78, 5) is 14.1. The highest BCUT2D eigenvalue weighted by atomic mass is 35.5. The Labute approximate surface area is 188 Å². The molecule has 3 aromatic rings. The lowest BCUT2D eigenvalue weighted by molar-refractivity contribution is -0.136. The van der Waals surface area contributed by atoms with Gasteiger partial charge in [0, 0.05) is 41.8 Å². The summed E-state index contributed by atoms with van der Waals surface area (Å²) in [5.74, 6) is -0.186. The van der Waals surface area contributed by atoms with Crippen LogP contribution in [-0.2, 0) is 17.8 Å². The SMILES string of the molecule is Cc1c(CC(=O)O)c(-c2ccc(Cl)cc2OC(C)(C)C)c2cc(C)n3c2c1N(C)CC3. The van der Waals surface area contributed by atoms with Crippen molar-refractivity contribution in [1.29, 1.82) is 0 Å². The molecule has 6 heteroatoms. The number of anilines is 1. The van der Waals surface area contributed by atoms with Crippen LogP contribution in [0.5, 0.6) is 5.75 Å². The molecule has 0 saturated heterocycles. The first-order chi connectivity index (χ1) is 14.5. The number of benzene rings is 2. The van der Waals surface area contributed by atoms with Gasteiger partial charge in [-0.1, -0.05) is 11.6 Å². The zero-order valence-electron chi connectivity index (χ0n) is 19.0. The molecule has 1 N–H and O–H groups in total. The van der Waals surface area contributed by atoms with E-state index in [-0.39, 0.29) is 6.42 Å². The molecule has 0 aliphatic carbocycles. The van der Waals surface area contributed by atoms with Crippen molar-refractivity contribution < 1.29 is 14.6 Å². The number of hydrogen-bond acceptors (Lipinski definition) is 3. The van der Waals surface area contributed by atoms with Gasteiger partial charge in [-0.15, -0.1) is 0 Å². The molecule has 2 aromatic carbocycles. The number of halogens is 1. The largest absolute Gasteiger partial charge is 0.487 e. The molecular formula is C25H29ClN2O3. The van der Waals surface area contributed by atoms with Gasteiger partial charge in [0.2, 0.25) is 0 Å². The highest BCUT2D eigenvalue weighted by Gasteiger charge is 2.29. The average molecular weight is 441 g/mol. The Morgan fingerprint density at radius 3 is 2.55 bits per heavy atom. The van der Waals surface area contributed by atoms with E-state index in [1.807, 2.05) is 45.9 Å². The molecule has 0 amide bonds. The minimum Gasteiger partial charge on any atom is -0.487 e. The smallest absolute Gasteiger partial charge is 0.307 e. The van der Waals surface area contributed by atoms with E-state index >= 15 is 0 Å². The summed E-state index contributed by atoms with van der Waals surface area (Å²) in [6, 6.07) is 7.79. The number of carbonyl (C=O) groups is 1. The summed E-state index contributed by atoms with van der Waals surface area (Å²) in [6.07, 6.45) is -0.0558. The van der Waals surface area contributed by atoms with Crippen molar-refractivity contribution in [3.63, 3.8) is 0 Å². The summed E-state index contributed by atoms with van der Waals surface area (Å²) < 4.78 is 8.64. The van der Waals surface area contributed by atoms with Crippen LogP contribution in [0.3, 0.4) is 0 Å². The van der Waals surface area contributed by atoms with E-state index in [0.29, 0.717) is 10.8 Å². The van der Waals surface area contributed by atoms with Crippen LogP contribution >= 0.6 is 11.6 Å². The van der Waals surface area contributed by atoms with Gasteiger partial charge in [-0.2, -0.15) is 0 Å². The monoisotopic (exact) mass is 440 g/mol. The maximum Gasteiger partial charge on any atom is 0.307 e. The topological polar surface area (TPSA) is 54.7 Å². The van der Waals surface area contributed by atoms with E-state index in [1.54, 1.807) is 0 Å². The molecule has 0 atom stereocenters. The molecule has 0 radical (unpaired) electrons. The van der Waals surface area contributed by atoms with Crippen LogP contribution < -0.4 is 9.64 Å². The molecule has 1 aliphatic rings. The molecule has 31 heavy (non-hydrogen) atoms. The lowest BCUT2D eigenvalue weighted by Crippen LogP contribution is -2.29. The fourth-order valence-corrected chi connectivity index (χ4v) is 4.87. The number of carboxylic acids is 1. The van der Waals surface area contributed by atoms with Gasteiger partial charge in [0.15, 0.2) is 0 Å². The first kappa shape index (κ1) is 21.6. The van der Waals surface area contributed by atoms with Crippen LogP contribution in [0.2, 0.25) is 5.02 Å². The minimum atomic E-state index is -0.849. The van der Waals surface area contributed by atoms with Gasteiger partial charge in [0.25, 0.3) is 0 Å². The van der Waals surface area contributed by atoms with Gasteiger partial charge in [-0.3, -0.25) is 4.79 Å². The maximum absolute atomic E-state index is 11.9. The van der Waals surface area contributed by atoms with E-state index in [1.165, 1.54) is 5.69 Å². The van der Waals surface area contributed by atoms with E-state index in [2.05, 4.69) is 29.5 Å². The normalized spacial score (nSPS) is 13.7. The molecule has 1 aromatic heterocycles. The molecule has 0 fully saturated rings. The number of rotatable bonds is 4. The van der Waals surface area contributed by atoms with Gasteiger partial charge >= 0.3 is 5.97 Å². The van der Waals surface area contributed by atoms with E-state index in [0.717, 1.165) is 51.9 Å². The number of aryl methyl sites for hydroxylation is 1. The van der Waals surface area contributed by atoms with Crippen molar-refractivity contribution in [2.45, 2.75) is 53.2 Å². The Bertz CT molecular complexity index is 1200. The quantitative estimate of drug-likeness (QED) is 0.554. The zero-order valence-corrected chi connectivity index (χ0v) is 19.7. The third-order valence-electron chi connectivity index (χ3n) is 5.91. The third kappa shape index (κ3) is 3.76. The predicted molar refractivity (Wildman–Crippen MR) is 127 cm³/mol. The Morgan fingerprint density at radius 1 is 1.19 bits per heavy atom. The highest BCUT2D eigenvalue weighted by Crippen LogP contribution is 2.47.